The topological polar surface area (TPSA) is 111 Å². The van der Waals surface area contributed by atoms with E-state index >= 15 is 0 Å². The zero-order chi connectivity index (χ0) is 31.1. The summed E-state index contributed by atoms with van der Waals surface area (Å²) in [6.07, 6.45) is 1.94. The van der Waals surface area contributed by atoms with Gasteiger partial charge in [-0.1, -0.05) is 72.8 Å². The molecule has 2 heterocycles. The number of carbonyl (C=O) groups excluding carboxylic acids is 2. The second-order valence-electron chi connectivity index (χ2n) is 9.86. The highest BCUT2D eigenvalue weighted by Gasteiger charge is 2.48. The van der Waals surface area contributed by atoms with Crippen molar-refractivity contribution in [1.82, 2.24) is 10.2 Å². The Morgan fingerprint density at radius 3 is 2.45 bits per heavy atom. The monoisotopic (exact) mass is 631 g/mol. The number of ketones is 1. The van der Waals surface area contributed by atoms with Crippen molar-refractivity contribution < 1.29 is 28.9 Å². The number of nitrogens with zero attached hydrogens (tertiary/aromatic N) is 3. The summed E-state index contributed by atoms with van der Waals surface area (Å²) in [5, 5.41) is 20.4. The number of amides is 1. The summed E-state index contributed by atoms with van der Waals surface area (Å²) in [6, 6.07) is 21.0. The fourth-order valence-corrected chi connectivity index (χ4v) is 6.57. The molecule has 9 nitrogen and oxygen atoms in total. The summed E-state index contributed by atoms with van der Waals surface area (Å²) >= 11 is 2.70. The van der Waals surface area contributed by atoms with Crippen LogP contribution in [0.3, 0.4) is 0 Å². The first-order valence-electron chi connectivity index (χ1n) is 14.3. The molecule has 1 fully saturated rings. The van der Waals surface area contributed by atoms with Crippen molar-refractivity contribution >= 4 is 45.7 Å². The predicted molar refractivity (Wildman–Crippen MR) is 172 cm³/mol. The van der Waals surface area contributed by atoms with Crippen molar-refractivity contribution in [3.63, 3.8) is 0 Å². The van der Waals surface area contributed by atoms with Gasteiger partial charge < -0.3 is 19.3 Å². The van der Waals surface area contributed by atoms with Crippen LogP contribution in [0.1, 0.15) is 49.4 Å². The molecule has 0 radical (unpaired) electrons. The lowest BCUT2D eigenvalue weighted by Crippen LogP contribution is -2.29. The maximum Gasteiger partial charge on any atom is 0.301 e. The fraction of sp³-hybridized carbons (Fsp3) is 0.273. The number of aliphatic hydroxyl groups is 1. The molecule has 3 aromatic carbocycles. The number of anilines is 1. The molecule has 1 aliphatic heterocycles. The van der Waals surface area contributed by atoms with Crippen LogP contribution in [0.2, 0.25) is 0 Å². The fourth-order valence-electron chi connectivity index (χ4n) is 4.75. The van der Waals surface area contributed by atoms with Crippen LogP contribution in [0.5, 0.6) is 17.2 Å². The second kappa shape index (κ2) is 14.4. The van der Waals surface area contributed by atoms with E-state index in [-0.39, 0.29) is 16.5 Å². The molecule has 5 rings (SSSR count). The van der Waals surface area contributed by atoms with Gasteiger partial charge in [0.1, 0.15) is 11.5 Å². The summed E-state index contributed by atoms with van der Waals surface area (Å²) in [4.78, 5) is 28.6. The minimum absolute atomic E-state index is 0.0606. The molecule has 1 amide bonds. The van der Waals surface area contributed by atoms with Gasteiger partial charge in [-0.3, -0.25) is 14.5 Å². The summed E-state index contributed by atoms with van der Waals surface area (Å²) in [5.74, 6) is 0.345. The number of hydrogen-bond donors (Lipinski definition) is 1. The van der Waals surface area contributed by atoms with Crippen LogP contribution >= 0.6 is 23.1 Å². The summed E-state index contributed by atoms with van der Waals surface area (Å²) in [7, 11) is 1.52. The largest absolute Gasteiger partial charge is 0.507 e. The van der Waals surface area contributed by atoms with E-state index in [2.05, 4.69) is 17.1 Å². The molecule has 228 valence electrons. The first-order valence-corrected chi connectivity index (χ1v) is 16.1. The van der Waals surface area contributed by atoms with Crippen LogP contribution in [0, 0.1) is 0 Å². The van der Waals surface area contributed by atoms with E-state index in [1.54, 1.807) is 42.5 Å². The lowest BCUT2D eigenvalue weighted by Gasteiger charge is -2.23. The highest BCUT2D eigenvalue weighted by molar-refractivity contribution is 8.00. The zero-order valence-corrected chi connectivity index (χ0v) is 26.3. The van der Waals surface area contributed by atoms with Crippen LogP contribution in [0.15, 0.2) is 82.7 Å². The van der Waals surface area contributed by atoms with E-state index in [9.17, 15) is 14.7 Å². The number of aromatic nitrogens is 2. The molecule has 1 N–H and O–H groups in total. The second-order valence-corrected chi connectivity index (χ2v) is 12.0. The van der Waals surface area contributed by atoms with Crippen LogP contribution in [-0.2, 0) is 15.3 Å². The number of Topliss-reactive ketones (excluding diaryl/α,β-unsaturated/α-hetero) is 1. The van der Waals surface area contributed by atoms with Gasteiger partial charge in [-0.05, 0) is 60.9 Å². The zero-order valence-electron chi connectivity index (χ0n) is 24.7. The molecule has 1 atom stereocenters. The number of aliphatic hydroxyl groups excluding tert-OH is 1. The Morgan fingerprint density at radius 1 is 0.977 bits per heavy atom. The Hall–Kier alpha value is -4.35. The van der Waals surface area contributed by atoms with Gasteiger partial charge in [0.2, 0.25) is 5.13 Å². The average Bonchev–Trinajstić information content (AvgIpc) is 3.62. The molecule has 44 heavy (non-hydrogen) atoms. The minimum atomic E-state index is -0.986. The lowest BCUT2D eigenvalue weighted by atomic mass is 9.95. The number of ether oxygens (including phenoxy) is 3. The predicted octanol–water partition coefficient (Wildman–Crippen LogP) is 7.04. The number of carbonyl (C=O) groups is 2. The van der Waals surface area contributed by atoms with Crippen molar-refractivity contribution in [2.24, 2.45) is 0 Å². The first-order chi connectivity index (χ1) is 21.4. The Labute approximate surface area is 264 Å². The number of hydrogen-bond acceptors (Lipinski definition) is 10. The van der Waals surface area contributed by atoms with Crippen LogP contribution in [0.25, 0.3) is 5.76 Å². The third-order valence-electron chi connectivity index (χ3n) is 6.95. The van der Waals surface area contributed by atoms with E-state index in [0.29, 0.717) is 51.7 Å². The van der Waals surface area contributed by atoms with Gasteiger partial charge in [-0.15, -0.1) is 10.2 Å². The molecule has 4 aromatic rings. The van der Waals surface area contributed by atoms with Crippen molar-refractivity contribution in [2.45, 2.75) is 42.8 Å². The molecule has 1 unspecified atom stereocenters. The quantitative estimate of drug-likeness (QED) is 0.0415. The van der Waals surface area contributed by atoms with Crippen molar-refractivity contribution in [3.8, 4) is 17.2 Å². The van der Waals surface area contributed by atoms with E-state index in [0.717, 1.165) is 18.4 Å². The number of thioether (sulfide) groups is 1. The number of unbranched alkanes of at least 4 members (excludes halogenated alkanes) is 1. The summed E-state index contributed by atoms with van der Waals surface area (Å²) in [5.41, 5.74) is 1.98. The molecule has 0 bridgehead atoms. The smallest absolute Gasteiger partial charge is 0.301 e. The highest BCUT2D eigenvalue weighted by Crippen LogP contribution is 2.45. The van der Waals surface area contributed by atoms with Crippen LogP contribution in [0.4, 0.5) is 5.13 Å². The van der Waals surface area contributed by atoms with Crippen molar-refractivity contribution in [2.75, 3.05) is 25.2 Å². The first kappa shape index (κ1) is 31.1. The minimum Gasteiger partial charge on any atom is -0.507 e. The average molecular weight is 632 g/mol. The van der Waals surface area contributed by atoms with Gasteiger partial charge in [-0.2, -0.15) is 0 Å². The normalized spacial score (nSPS) is 15.9. The van der Waals surface area contributed by atoms with Gasteiger partial charge in [0.05, 0.1) is 31.9 Å². The van der Waals surface area contributed by atoms with Crippen LogP contribution in [-0.4, -0.2) is 47.3 Å². The molecule has 0 spiro atoms. The summed E-state index contributed by atoms with van der Waals surface area (Å²) in [6.45, 7) is 4.97. The van der Waals surface area contributed by atoms with Gasteiger partial charge in [0.25, 0.3) is 5.78 Å². The Bertz CT molecular complexity index is 1640. The van der Waals surface area contributed by atoms with E-state index < -0.39 is 17.7 Å². The van der Waals surface area contributed by atoms with Gasteiger partial charge >= 0.3 is 5.91 Å². The SMILES string of the molecule is CCCCOc1ccc(/C(O)=C2\C(=O)C(=O)N(c3nnc(SCc4ccccc4)s3)C2c2ccc(OCC)c(OC)c2)cc1. The van der Waals surface area contributed by atoms with E-state index in [1.807, 2.05) is 37.3 Å². The Balaban J connectivity index is 1.54. The van der Waals surface area contributed by atoms with Crippen molar-refractivity contribution in [1.29, 1.82) is 0 Å². The Morgan fingerprint density at radius 2 is 1.75 bits per heavy atom. The summed E-state index contributed by atoms with van der Waals surface area (Å²) < 4.78 is 17.7. The van der Waals surface area contributed by atoms with E-state index in [1.165, 1.54) is 35.1 Å². The molecular weight excluding hydrogens is 599 g/mol. The number of methoxy groups -OCH3 is 1. The van der Waals surface area contributed by atoms with E-state index in [4.69, 9.17) is 14.2 Å². The molecular formula is C33H33N3O6S2. The third-order valence-corrected chi connectivity index (χ3v) is 9.08. The molecule has 11 heteroatoms. The highest BCUT2D eigenvalue weighted by atomic mass is 32.2. The number of rotatable bonds is 13. The molecule has 0 saturated carbocycles. The maximum atomic E-state index is 13.6. The maximum absolute atomic E-state index is 13.6. The van der Waals surface area contributed by atoms with Gasteiger partial charge in [0.15, 0.2) is 15.8 Å². The standard InChI is InChI=1S/C33H33N3O6S2/c1-4-6-18-42-24-15-12-22(13-16-24)29(37)27-28(23-14-17-25(41-5-2)26(19-23)40-3)36(31(39)30(27)38)32-34-35-33(44-32)43-20-21-10-8-7-9-11-21/h7-17,19,28,37H,4-6,18,20H2,1-3H3/b29-27+. The number of benzene rings is 3. The Kier molecular flexibility index (Phi) is 10.2. The van der Waals surface area contributed by atoms with Crippen molar-refractivity contribution in [3.05, 3.63) is 95.1 Å². The molecule has 1 aromatic heterocycles. The lowest BCUT2D eigenvalue weighted by molar-refractivity contribution is -0.132. The molecule has 0 aliphatic carbocycles. The molecule has 1 saturated heterocycles. The van der Waals surface area contributed by atoms with Crippen LogP contribution < -0.4 is 19.1 Å². The van der Waals surface area contributed by atoms with Gasteiger partial charge in [0, 0.05) is 11.3 Å². The van der Waals surface area contributed by atoms with Gasteiger partial charge in [-0.25, -0.2) is 0 Å². The molecule has 1 aliphatic rings. The third kappa shape index (κ3) is 6.74.